The lowest BCUT2D eigenvalue weighted by Gasteiger charge is -2.18. The number of hydrogen-bond donors (Lipinski definition) is 1. The van der Waals surface area contributed by atoms with Gasteiger partial charge in [-0.25, -0.2) is 0 Å². The Morgan fingerprint density at radius 1 is 1.08 bits per heavy atom. The van der Waals surface area contributed by atoms with Crippen LogP contribution in [0.25, 0.3) is 22.2 Å². The van der Waals surface area contributed by atoms with E-state index in [9.17, 15) is 4.79 Å². The van der Waals surface area contributed by atoms with Gasteiger partial charge in [-0.2, -0.15) is 0 Å². The zero-order valence-electron chi connectivity index (χ0n) is 14.9. The van der Waals surface area contributed by atoms with Crippen LogP contribution in [0.2, 0.25) is 0 Å². The number of carbonyl (C=O) groups is 1. The molecule has 3 rings (SSSR count). The van der Waals surface area contributed by atoms with E-state index in [1.165, 1.54) is 5.56 Å². The molecule has 0 atom stereocenters. The number of hydrogen-bond acceptors (Lipinski definition) is 2. The van der Waals surface area contributed by atoms with Crippen molar-refractivity contribution in [3.05, 3.63) is 53.1 Å². The standard InChI is InChI=1S/C21H23NO2/c1-13-6-9-19(24-5)16(10-13)20-17(12-23)15-11-14(21(2,3)4)7-8-18(15)22-20/h6-12,22H,1-5H3. The number of H-pyrrole nitrogens is 1. The fourth-order valence-corrected chi connectivity index (χ4v) is 3.03. The van der Waals surface area contributed by atoms with Gasteiger partial charge >= 0.3 is 0 Å². The minimum absolute atomic E-state index is 0.0345. The minimum Gasteiger partial charge on any atom is -0.496 e. The first-order valence-electron chi connectivity index (χ1n) is 8.11. The molecule has 0 radical (unpaired) electrons. The molecule has 1 heterocycles. The number of aromatic nitrogens is 1. The molecule has 3 heteroatoms. The predicted octanol–water partition coefficient (Wildman–Crippen LogP) is 5.26. The summed E-state index contributed by atoms with van der Waals surface area (Å²) in [5, 5.41) is 0.955. The number of benzene rings is 2. The third kappa shape index (κ3) is 2.71. The molecule has 3 nitrogen and oxygen atoms in total. The summed E-state index contributed by atoms with van der Waals surface area (Å²) >= 11 is 0. The van der Waals surface area contributed by atoms with Crippen LogP contribution in [0.3, 0.4) is 0 Å². The van der Waals surface area contributed by atoms with Crippen LogP contribution in [0, 0.1) is 6.92 Å². The summed E-state index contributed by atoms with van der Waals surface area (Å²) in [6, 6.07) is 12.3. The van der Waals surface area contributed by atoms with E-state index >= 15 is 0 Å². The molecule has 1 N–H and O–H groups in total. The topological polar surface area (TPSA) is 42.1 Å². The van der Waals surface area contributed by atoms with Crippen LogP contribution >= 0.6 is 0 Å². The summed E-state index contributed by atoms with van der Waals surface area (Å²) in [5.74, 6) is 0.756. The zero-order valence-corrected chi connectivity index (χ0v) is 14.9. The molecule has 0 aliphatic heterocycles. The van der Waals surface area contributed by atoms with Gasteiger partial charge in [0.05, 0.1) is 12.8 Å². The number of ether oxygens (including phenoxy) is 1. The third-order valence-corrected chi connectivity index (χ3v) is 4.45. The third-order valence-electron chi connectivity index (χ3n) is 4.45. The predicted molar refractivity (Wildman–Crippen MR) is 99.1 cm³/mol. The van der Waals surface area contributed by atoms with E-state index in [2.05, 4.69) is 44.0 Å². The lowest BCUT2D eigenvalue weighted by molar-refractivity contribution is 0.112. The molecular weight excluding hydrogens is 298 g/mol. The van der Waals surface area contributed by atoms with Crippen molar-refractivity contribution in [2.24, 2.45) is 0 Å². The van der Waals surface area contributed by atoms with Crippen LogP contribution in [0.4, 0.5) is 0 Å². The van der Waals surface area contributed by atoms with E-state index < -0.39 is 0 Å². The van der Waals surface area contributed by atoms with Gasteiger partial charge in [-0.05, 0) is 42.2 Å². The quantitative estimate of drug-likeness (QED) is 0.668. The Morgan fingerprint density at radius 3 is 2.46 bits per heavy atom. The van der Waals surface area contributed by atoms with Gasteiger partial charge < -0.3 is 9.72 Å². The van der Waals surface area contributed by atoms with Crippen molar-refractivity contribution in [3.63, 3.8) is 0 Å². The molecular formula is C21H23NO2. The van der Waals surface area contributed by atoms with Crippen LogP contribution in [0.5, 0.6) is 5.75 Å². The lowest BCUT2D eigenvalue weighted by Crippen LogP contribution is -2.10. The maximum absolute atomic E-state index is 11.9. The molecule has 0 fully saturated rings. The molecule has 2 aromatic carbocycles. The van der Waals surface area contributed by atoms with Crippen molar-refractivity contribution in [3.8, 4) is 17.0 Å². The Balaban J connectivity index is 2.30. The second-order valence-electron chi connectivity index (χ2n) is 7.25. The highest BCUT2D eigenvalue weighted by Gasteiger charge is 2.19. The molecule has 0 unspecified atom stereocenters. The molecule has 124 valence electrons. The van der Waals surface area contributed by atoms with Gasteiger partial charge in [-0.15, -0.1) is 0 Å². The van der Waals surface area contributed by atoms with Gasteiger partial charge in [0.1, 0.15) is 5.75 Å². The monoisotopic (exact) mass is 321 g/mol. The molecule has 24 heavy (non-hydrogen) atoms. The van der Waals surface area contributed by atoms with Gasteiger partial charge in [0, 0.05) is 22.0 Å². The number of methoxy groups -OCH3 is 1. The van der Waals surface area contributed by atoms with Crippen LogP contribution in [0.15, 0.2) is 36.4 Å². The molecule has 0 amide bonds. The average molecular weight is 321 g/mol. The summed E-state index contributed by atoms with van der Waals surface area (Å²) in [7, 11) is 1.65. The SMILES string of the molecule is COc1ccc(C)cc1-c1[nH]c2ccc(C(C)(C)C)cc2c1C=O. The Kier molecular flexibility index (Phi) is 3.96. The zero-order chi connectivity index (χ0) is 17.5. The van der Waals surface area contributed by atoms with E-state index in [-0.39, 0.29) is 5.41 Å². The Hall–Kier alpha value is -2.55. The Morgan fingerprint density at radius 2 is 1.83 bits per heavy atom. The molecule has 0 saturated heterocycles. The summed E-state index contributed by atoms with van der Waals surface area (Å²) in [6.45, 7) is 8.55. The molecule has 1 aromatic heterocycles. The van der Waals surface area contributed by atoms with E-state index in [0.29, 0.717) is 5.56 Å². The van der Waals surface area contributed by atoms with E-state index in [0.717, 1.165) is 39.8 Å². The number of aryl methyl sites for hydroxylation is 1. The summed E-state index contributed by atoms with van der Waals surface area (Å²) in [6.07, 6.45) is 0.933. The van der Waals surface area contributed by atoms with E-state index in [1.807, 2.05) is 25.1 Å². The van der Waals surface area contributed by atoms with Crippen molar-refractivity contribution in [1.82, 2.24) is 4.98 Å². The van der Waals surface area contributed by atoms with Crippen LogP contribution in [-0.2, 0) is 5.41 Å². The number of carbonyl (C=O) groups excluding carboxylic acids is 1. The fourth-order valence-electron chi connectivity index (χ4n) is 3.03. The second kappa shape index (κ2) is 5.82. The first-order valence-corrected chi connectivity index (χ1v) is 8.11. The number of nitrogens with one attached hydrogen (secondary N) is 1. The highest BCUT2D eigenvalue weighted by Crippen LogP contribution is 2.37. The van der Waals surface area contributed by atoms with Crippen molar-refractivity contribution in [1.29, 1.82) is 0 Å². The second-order valence-corrected chi connectivity index (χ2v) is 7.25. The molecule has 0 spiro atoms. The van der Waals surface area contributed by atoms with Crippen molar-refractivity contribution in [2.75, 3.05) is 7.11 Å². The smallest absolute Gasteiger partial charge is 0.152 e. The van der Waals surface area contributed by atoms with Crippen LogP contribution < -0.4 is 4.74 Å². The Labute approximate surface area is 142 Å². The summed E-state index contributed by atoms with van der Waals surface area (Å²) in [5.41, 5.74) is 5.73. The van der Waals surface area contributed by atoms with E-state index in [1.54, 1.807) is 7.11 Å². The van der Waals surface area contributed by atoms with Crippen molar-refractivity contribution >= 4 is 17.2 Å². The molecule has 0 aliphatic rings. The maximum Gasteiger partial charge on any atom is 0.152 e. The summed E-state index contributed by atoms with van der Waals surface area (Å²) in [4.78, 5) is 15.3. The number of rotatable bonds is 3. The molecule has 0 bridgehead atoms. The van der Waals surface area contributed by atoms with Gasteiger partial charge in [-0.1, -0.05) is 38.5 Å². The van der Waals surface area contributed by atoms with Gasteiger partial charge in [-0.3, -0.25) is 4.79 Å². The number of aromatic amines is 1. The molecule has 0 aliphatic carbocycles. The fraction of sp³-hybridized carbons (Fsp3) is 0.286. The largest absolute Gasteiger partial charge is 0.496 e. The van der Waals surface area contributed by atoms with E-state index in [4.69, 9.17) is 4.74 Å². The van der Waals surface area contributed by atoms with Gasteiger partial charge in [0.15, 0.2) is 6.29 Å². The highest BCUT2D eigenvalue weighted by atomic mass is 16.5. The van der Waals surface area contributed by atoms with Crippen molar-refractivity contribution in [2.45, 2.75) is 33.1 Å². The Bertz CT molecular complexity index is 913. The minimum atomic E-state index is 0.0345. The average Bonchev–Trinajstić information content (AvgIpc) is 2.91. The highest BCUT2D eigenvalue weighted by molar-refractivity contribution is 6.05. The lowest BCUT2D eigenvalue weighted by atomic mass is 9.86. The first-order chi connectivity index (χ1) is 11.3. The molecule has 3 aromatic rings. The van der Waals surface area contributed by atoms with Gasteiger partial charge in [0.2, 0.25) is 0 Å². The normalized spacial score (nSPS) is 11.7. The number of aldehydes is 1. The van der Waals surface area contributed by atoms with Crippen LogP contribution in [-0.4, -0.2) is 18.4 Å². The summed E-state index contributed by atoms with van der Waals surface area (Å²) < 4.78 is 5.49. The first kappa shape index (κ1) is 16.3. The van der Waals surface area contributed by atoms with Crippen LogP contribution in [0.1, 0.15) is 42.3 Å². The van der Waals surface area contributed by atoms with Gasteiger partial charge in [0.25, 0.3) is 0 Å². The van der Waals surface area contributed by atoms with Crippen molar-refractivity contribution < 1.29 is 9.53 Å². The maximum atomic E-state index is 11.9. The molecule has 0 saturated carbocycles. The number of fused-ring (bicyclic) bond motifs is 1.